The van der Waals surface area contributed by atoms with Crippen LogP contribution < -0.4 is 0 Å². The summed E-state index contributed by atoms with van der Waals surface area (Å²) >= 11 is 1.64. The van der Waals surface area contributed by atoms with E-state index in [1.165, 1.54) is 19.3 Å². The molecule has 1 atom stereocenters. The van der Waals surface area contributed by atoms with Gasteiger partial charge < -0.3 is 8.98 Å². The normalized spacial score (nSPS) is 15.7. The van der Waals surface area contributed by atoms with Crippen LogP contribution in [0.1, 0.15) is 31.1 Å². The molecule has 1 fully saturated rings. The molecule has 6 nitrogen and oxygen atoms in total. The minimum atomic E-state index is 0.132. The molecular formula is C20H19N5OS. The van der Waals surface area contributed by atoms with Crippen LogP contribution in [0.15, 0.2) is 58.7 Å². The zero-order valence-electron chi connectivity index (χ0n) is 14.9. The second-order valence-corrected chi connectivity index (χ2v) is 7.56. The van der Waals surface area contributed by atoms with Crippen LogP contribution >= 0.6 is 11.8 Å². The largest absolute Gasteiger partial charge is 0.467 e. The Morgan fingerprint density at radius 1 is 1.22 bits per heavy atom. The van der Waals surface area contributed by atoms with Crippen molar-refractivity contribution >= 4 is 22.8 Å². The molecule has 0 amide bonds. The van der Waals surface area contributed by atoms with Gasteiger partial charge in [-0.15, -0.1) is 5.10 Å². The molecule has 1 saturated carbocycles. The van der Waals surface area contributed by atoms with Crippen LogP contribution in [-0.4, -0.2) is 31.0 Å². The molecule has 7 heteroatoms. The van der Waals surface area contributed by atoms with Crippen molar-refractivity contribution in [2.24, 2.45) is 5.92 Å². The number of hydrogen-bond donors (Lipinski definition) is 0. The summed E-state index contributed by atoms with van der Waals surface area (Å²) in [7, 11) is 0. The Hall–Kier alpha value is -2.67. The lowest BCUT2D eigenvalue weighted by molar-refractivity contribution is 0.209. The Bertz CT molecular complexity index is 1060. The van der Waals surface area contributed by atoms with Gasteiger partial charge in [-0.3, -0.25) is 4.98 Å². The molecular weight excluding hydrogens is 358 g/mol. The number of rotatable bonds is 5. The highest BCUT2D eigenvalue weighted by molar-refractivity contribution is 7.98. The third kappa shape index (κ3) is 2.73. The molecule has 4 aromatic heterocycles. The molecule has 4 aromatic rings. The van der Waals surface area contributed by atoms with Gasteiger partial charge in [0, 0.05) is 18.0 Å². The number of imidazole rings is 1. The lowest BCUT2D eigenvalue weighted by Gasteiger charge is -2.34. The summed E-state index contributed by atoms with van der Waals surface area (Å²) in [6.45, 7) is 0. The molecule has 1 unspecified atom stereocenters. The summed E-state index contributed by atoms with van der Waals surface area (Å²) in [6.07, 6.45) is 12.9. The minimum absolute atomic E-state index is 0.132. The van der Waals surface area contributed by atoms with Crippen molar-refractivity contribution < 1.29 is 4.42 Å². The lowest BCUT2D eigenvalue weighted by atomic mass is 9.78. The van der Waals surface area contributed by atoms with Crippen molar-refractivity contribution in [1.82, 2.24) is 24.7 Å². The van der Waals surface area contributed by atoms with Crippen LogP contribution in [0.2, 0.25) is 0 Å². The summed E-state index contributed by atoms with van der Waals surface area (Å²) < 4.78 is 8.12. The first-order valence-corrected chi connectivity index (χ1v) is 10.3. The van der Waals surface area contributed by atoms with E-state index in [-0.39, 0.29) is 6.04 Å². The predicted octanol–water partition coefficient (Wildman–Crippen LogP) is 4.59. The van der Waals surface area contributed by atoms with Gasteiger partial charge in [0.15, 0.2) is 5.16 Å². The molecule has 0 saturated heterocycles. The zero-order valence-corrected chi connectivity index (χ0v) is 15.8. The monoisotopic (exact) mass is 377 g/mol. The van der Waals surface area contributed by atoms with Gasteiger partial charge in [0.1, 0.15) is 17.0 Å². The molecule has 5 rings (SSSR count). The van der Waals surface area contributed by atoms with Crippen LogP contribution in [0.4, 0.5) is 0 Å². The molecule has 27 heavy (non-hydrogen) atoms. The number of pyridine rings is 1. The standard InChI is InChI=1S/C20H19N5OS/c1-27-20-23-18-15(12-22-24-17(18)14-7-3-9-21-11-14)25(20)19(13-5-2-6-13)16-8-4-10-26-16/h3-4,7-13,19H,2,5-6H2,1H3. The third-order valence-corrected chi connectivity index (χ3v) is 5.96. The Labute approximate surface area is 161 Å². The van der Waals surface area contributed by atoms with E-state index in [0.29, 0.717) is 5.92 Å². The summed E-state index contributed by atoms with van der Waals surface area (Å²) in [5, 5.41) is 9.61. The highest BCUT2D eigenvalue weighted by Gasteiger charge is 2.34. The van der Waals surface area contributed by atoms with E-state index >= 15 is 0 Å². The number of furan rings is 1. The molecule has 0 aromatic carbocycles. The maximum absolute atomic E-state index is 5.84. The summed E-state index contributed by atoms with van der Waals surface area (Å²) in [4.78, 5) is 9.15. The van der Waals surface area contributed by atoms with Gasteiger partial charge >= 0.3 is 0 Å². The van der Waals surface area contributed by atoms with Crippen molar-refractivity contribution in [1.29, 1.82) is 0 Å². The van der Waals surface area contributed by atoms with E-state index in [4.69, 9.17) is 9.40 Å². The topological polar surface area (TPSA) is 69.6 Å². The Morgan fingerprint density at radius 2 is 2.15 bits per heavy atom. The highest BCUT2D eigenvalue weighted by atomic mass is 32.2. The fourth-order valence-corrected chi connectivity index (χ4v) is 4.40. The number of aromatic nitrogens is 5. The summed E-state index contributed by atoms with van der Waals surface area (Å²) in [5.74, 6) is 1.53. The first-order valence-electron chi connectivity index (χ1n) is 9.08. The van der Waals surface area contributed by atoms with Gasteiger partial charge in [-0.25, -0.2) is 4.98 Å². The summed E-state index contributed by atoms with van der Waals surface area (Å²) in [5.41, 5.74) is 3.53. The average molecular weight is 377 g/mol. The fourth-order valence-electron chi connectivity index (χ4n) is 3.81. The van der Waals surface area contributed by atoms with Gasteiger partial charge in [-0.1, -0.05) is 18.2 Å². The van der Waals surface area contributed by atoms with Gasteiger partial charge in [-0.05, 0) is 49.3 Å². The van der Waals surface area contributed by atoms with Crippen LogP contribution in [0.25, 0.3) is 22.3 Å². The SMILES string of the molecule is CSc1nc2c(-c3cccnc3)nncc2n1C(c1ccco1)C1CCC1. The van der Waals surface area contributed by atoms with Gasteiger partial charge in [0.05, 0.1) is 24.0 Å². The van der Waals surface area contributed by atoms with Crippen molar-refractivity contribution in [3.63, 3.8) is 0 Å². The van der Waals surface area contributed by atoms with Crippen LogP contribution in [0.5, 0.6) is 0 Å². The van der Waals surface area contributed by atoms with Gasteiger partial charge in [0.2, 0.25) is 0 Å². The fraction of sp³-hybridized carbons (Fsp3) is 0.300. The summed E-state index contributed by atoms with van der Waals surface area (Å²) in [6, 6.07) is 8.05. The predicted molar refractivity (Wildman–Crippen MR) is 105 cm³/mol. The van der Waals surface area contributed by atoms with Crippen molar-refractivity contribution in [3.8, 4) is 11.3 Å². The molecule has 0 bridgehead atoms. The molecule has 136 valence electrons. The minimum Gasteiger partial charge on any atom is -0.467 e. The molecule has 0 N–H and O–H groups in total. The third-order valence-electron chi connectivity index (χ3n) is 5.30. The molecule has 1 aliphatic rings. The van der Waals surface area contributed by atoms with Crippen LogP contribution in [0, 0.1) is 5.92 Å². The van der Waals surface area contributed by atoms with Crippen LogP contribution in [0.3, 0.4) is 0 Å². The Morgan fingerprint density at radius 3 is 2.81 bits per heavy atom. The van der Waals surface area contributed by atoms with Crippen molar-refractivity contribution in [2.75, 3.05) is 6.26 Å². The number of hydrogen-bond acceptors (Lipinski definition) is 6. The zero-order chi connectivity index (χ0) is 18.2. The van der Waals surface area contributed by atoms with Gasteiger partial charge in [0.25, 0.3) is 0 Å². The first kappa shape index (κ1) is 16.5. The second kappa shape index (κ2) is 6.81. The first-order chi connectivity index (χ1) is 13.4. The molecule has 4 heterocycles. The Kier molecular flexibility index (Phi) is 4.16. The number of nitrogens with zero attached hydrogens (tertiary/aromatic N) is 5. The average Bonchev–Trinajstić information content (AvgIpc) is 3.32. The van der Waals surface area contributed by atoms with E-state index in [0.717, 1.165) is 33.2 Å². The van der Waals surface area contributed by atoms with E-state index in [9.17, 15) is 0 Å². The number of thioether (sulfide) groups is 1. The van der Waals surface area contributed by atoms with Gasteiger partial charge in [-0.2, -0.15) is 5.10 Å². The van der Waals surface area contributed by atoms with E-state index in [2.05, 4.69) is 32.1 Å². The smallest absolute Gasteiger partial charge is 0.169 e. The van der Waals surface area contributed by atoms with Crippen molar-refractivity contribution in [2.45, 2.75) is 30.5 Å². The molecule has 0 spiro atoms. The maximum atomic E-state index is 5.84. The van der Waals surface area contributed by atoms with E-state index in [1.54, 1.807) is 30.4 Å². The highest BCUT2D eigenvalue weighted by Crippen LogP contribution is 2.44. The molecule has 0 aliphatic heterocycles. The second-order valence-electron chi connectivity index (χ2n) is 6.79. The maximum Gasteiger partial charge on any atom is 0.169 e. The molecule has 0 radical (unpaired) electrons. The van der Waals surface area contributed by atoms with Crippen LogP contribution in [-0.2, 0) is 0 Å². The molecule has 1 aliphatic carbocycles. The lowest BCUT2D eigenvalue weighted by Crippen LogP contribution is -2.26. The van der Waals surface area contributed by atoms with E-state index in [1.807, 2.05) is 24.4 Å². The number of fused-ring (bicyclic) bond motifs is 1. The Balaban J connectivity index is 1.74. The van der Waals surface area contributed by atoms with E-state index < -0.39 is 0 Å². The quantitative estimate of drug-likeness (QED) is 0.474. The van der Waals surface area contributed by atoms with Crippen molar-refractivity contribution in [3.05, 3.63) is 54.9 Å².